The third-order valence-corrected chi connectivity index (χ3v) is 6.73. The van der Waals surface area contributed by atoms with Crippen LogP contribution in [-0.2, 0) is 10.0 Å². The average Bonchev–Trinajstić information content (AvgIpc) is 2.33. The number of nitrogens with zero attached hydrogens (tertiary/aromatic N) is 1. The van der Waals surface area contributed by atoms with Gasteiger partial charge in [0, 0.05) is 22.9 Å². The number of hydrogen-bond donors (Lipinski definition) is 0. The van der Waals surface area contributed by atoms with Gasteiger partial charge < -0.3 is 0 Å². The molecule has 0 saturated carbocycles. The maximum absolute atomic E-state index is 12.5. The zero-order valence-corrected chi connectivity index (χ0v) is 13.2. The zero-order valence-electron chi connectivity index (χ0n) is 10.0. The molecule has 1 aliphatic heterocycles. The summed E-state index contributed by atoms with van der Waals surface area (Å²) in [5, 5.41) is -0.115. The van der Waals surface area contributed by atoms with E-state index in [4.69, 9.17) is 11.6 Å². The fourth-order valence-electron chi connectivity index (χ4n) is 2.01. The van der Waals surface area contributed by atoms with Crippen molar-refractivity contribution in [3.05, 3.63) is 28.7 Å². The van der Waals surface area contributed by atoms with Crippen LogP contribution in [0.15, 0.2) is 33.6 Å². The highest BCUT2D eigenvalue weighted by molar-refractivity contribution is 9.10. The van der Waals surface area contributed by atoms with Gasteiger partial charge in [0.15, 0.2) is 0 Å². The molecule has 1 fully saturated rings. The fourth-order valence-corrected chi connectivity index (χ4v) is 4.82. The van der Waals surface area contributed by atoms with Gasteiger partial charge in [0.2, 0.25) is 10.0 Å². The van der Waals surface area contributed by atoms with Gasteiger partial charge in [-0.05, 0) is 40.4 Å². The van der Waals surface area contributed by atoms with Gasteiger partial charge in [-0.15, -0.1) is 11.6 Å². The summed E-state index contributed by atoms with van der Waals surface area (Å²) in [4.78, 5) is 0.309. The Morgan fingerprint density at radius 3 is 2.67 bits per heavy atom. The third kappa shape index (κ3) is 2.74. The molecule has 2 unspecified atom stereocenters. The highest BCUT2D eigenvalue weighted by Gasteiger charge is 2.33. The number of halogens is 2. The van der Waals surface area contributed by atoms with Gasteiger partial charge in [-0.2, -0.15) is 4.31 Å². The molecule has 0 spiro atoms. The second-order valence-corrected chi connectivity index (χ2v) is 7.90. The van der Waals surface area contributed by atoms with Gasteiger partial charge in [-0.3, -0.25) is 0 Å². The van der Waals surface area contributed by atoms with Crippen molar-refractivity contribution in [1.29, 1.82) is 0 Å². The normalized spacial score (nSPS) is 26.2. The predicted octanol–water partition coefficient (Wildman–Crippen LogP) is 3.09. The minimum atomic E-state index is -3.45. The Kier molecular flexibility index (Phi) is 4.36. The van der Waals surface area contributed by atoms with Crippen LogP contribution in [0.3, 0.4) is 0 Å². The third-order valence-electron chi connectivity index (χ3n) is 3.28. The Hall–Kier alpha value is -0.100. The van der Waals surface area contributed by atoms with Crippen LogP contribution in [0.5, 0.6) is 0 Å². The van der Waals surface area contributed by atoms with Crippen molar-refractivity contribution in [3.8, 4) is 0 Å². The van der Waals surface area contributed by atoms with E-state index in [2.05, 4.69) is 22.9 Å². The quantitative estimate of drug-likeness (QED) is 0.767. The van der Waals surface area contributed by atoms with Gasteiger partial charge in [-0.1, -0.05) is 19.1 Å². The van der Waals surface area contributed by atoms with E-state index in [1.807, 2.05) is 0 Å². The smallest absolute Gasteiger partial charge is 0.207 e. The Morgan fingerprint density at radius 1 is 1.39 bits per heavy atom. The first-order valence-corrected chi connectivity index (χ1v) is 8.48. The Morgan fingerprint density at radius 2 is 2.06 bits per heavy atom. The first kappa shape index (κ1) is 14.3. The maximum atomic E-state index is 12.5. The minimum absolute atomic E-state index is 0.115. The van der Waals surface area contributed by atoms with E-state index in [1.54, 1.807) is 24.3 Å². The number of piperidine rings is 1. The topological polar surface area (TPSA) is 37.4 Å². The van der Waals surface area contributed by atoms with Gasteiger partial charge in [0.1, 0.15) is 0 Å². The molecule has 0 radical (unpaired) electrons. The van der Waals surface area contributed by atoms with Crippen molar-refractivity contribution in [2.45, 2.75) is 23.6 Å². The lowest BCUT2D eigenvalue weighted by Crippen LogP contribution is -2.43. The summed E-state index contributed by atoms with van der Waals surface area (Å²) in [7, 11) is -3.45. The number of hydrogen-bond acceptors (Lipinski definition) is 2. The SMILES string of the molecule is CC1CCN(S(=O)(=O)c2ccccc2Br)CC1Cl. The molecule has 1 aromatic carbocycles. The summed E-state index contributed by atoms with van der Waals surface area (Å²) in [5.41, 5.74) is 0. The molecule has 0 amide bonds. The Bertz CT molecular complexity index is 535. The number of sulfonamides is 1. The molecule has 100 valence electrons. The number of alkyl halides is 1. The zero-order chi connectivity index (χ0) is 13.3. The molecule has 0 aromatic heterocycles. The van der Waals surface area contributed by atoms with E-state index < -0.39 is 10.0 Å². The highest BCUT2D eigenvalue weighted by atomic mass is 79.9. The summed E-state index contributed by atoms with van der Waals surface area (Å²) < 4.78 is 27.1. The van der Waals surface area contributed by atoms with Gasteiger partial charge in [0.25, 0.3) is 0 Å². The highest BCUT2D eigenvalue weighted by Crippen LogP contribution is 2.29. The molecule has 18 heavy (non-hydrogen) atoms. The molecular weight excluding hydrogens is 338 g/mol. The fraction of sp³-hybridized carbons (Fsp3) is 0.500. The molecule has 1 heterocycles. The summed E-state index contributed by atoms with van der Waals surface area (Å²) >= 11 is 9.46. The van der Waals surface area contributed by atoms with E-state index in [1.165, 1.54) is 4.31 Å². The van der Waals surface area contributed by atoms with Crippen molar-refractivity contribution in [2.75, 3.05) is 13.1 Å². The standard InChI is InChI=1S/C12H15BrClNO2S/c1-9-6-7-15(8-11(9)14)18(16,17)12-5-3-2-4-10(12)13/h2-5,9,11H,6-8H2,1H3. The van der Waals surface area contributed by atoms with Crippen LogP contribution < -0.4 is 0 Å². The van der Waals surface area contributed by atoms with Crippen LogP contribution in [0.25, 0.3) is 0 Å². The first-order chi connectivity index (χ1) is 8.43. The average molecular weight is 353 g/mol. The van der Waals surface area contributed by atoms with Crippen molar-refractivity contribution < 1.29 is 8.42 Å². The molecule has 0 bridgehead atoms. The van der Waals surface area contributed by atoms with E-state index in [9.17, 15) is 8.42 Å². The van der Waals surface area contributed by atoms with E-state index in [0.717, 1.165) is 6.42 Å². The molecule has 0 aliphatic carbocycles. The molecule has 3 nitrogen and oxygen atoms in total. The van der Waals surface area contributed by atoms with Gasteiger partial charge in [0.05, 0.1) is 4.90 Å². The van der Waals surface area contributed by atoms with E-state index >= 15 is 0 Å². The molecule has 1 aliphatic rings. The Balaban J connectivity index is 2.30. The second-order valence-electron chi connectivity index (χ2n) is 4.58. The lowest BCUT2D eigenvalue weighted by atomic mass is 10.0. The summed E-state index contributed by atoms with van der Waals surface area (Å²) in [6.45, 7) is 2.97. The van der Waals surface area contributed by atoms with Crippen LogP contribution >= 0.6 is 27.5 Å². The van der Waals surface area contributed by atoms with Crippen LogP contribution in [-0.4, -0.2) is 31.2 Å². The summed E-state index contributed by atoms with van der Waals surface area (Å²) in [6.07, 6.45) is 0.803. The largest absolute Gasteiger partial charge is 0.244 e. The first-order valence-electron chi connectivity index (χ1n) is 5.81. The van der Waals surface area contributed by atoms with Crippen molar-refractivity contribution in [3.63, 3.8) is 0 Å². The molecule has 0 N–H and O–H groups in total. The predicted molar refractivity (Wildman–Crippen MR) is 76.3 cm³/mol. The van der Waals surface area contributed by atoms with Crippen LogP contribution in [0.4, 0.5) is 0 Å². The number of rotatable bonds is 2. The van der Waals surface area contributed by atoms with E-state index in [0.29, 0.717) is 28.4 Å². The van der Waals surface area contributed by atoms with E-state index in [-0.39, 0.29) is 5.38 Å². The lowest BCUT2D eigenvalue weighted by Gasteiger charge is -2.33. The molecule has 1 saturated heterocycles. The Labute approximate surface area is 121 Å². The number of benzene rings is 1. The molecule has 6 heteroatoms. The molecule has 2 atom stereocenters. The molecule has 2 rings (SSSR count). The van der Waals surface area contributed by atoms with Crippen LogP contribution in [0.2, 0.25) is 0 Å². The summed E-state index contributed by atoms with van der Waals surface area (Å²) in [5.74, 6) is 0.359. The minimum Gasteiger partial charge on any atom is -0.207 e. The monoisotopic (exact) mass is 351 g/mol. The van der Waals surface area contributed by atoms with Crippen molar-refractivity contribution in [2.24, 2.45) is 5.92 Å². The van der Waals surface area contributed by atoms with Crippen molar-refractivity contribution in [1.82, 2.24) is 4.31 Å². The summed E-state index contributed by atoms with van der Waals surface area (Å²) in [6, 6.07) is 6.87. The molecule has 1 aromatic rings. The van der Waals surface area contributed by atoms with Gasteiger partial charge >= 0.3 is 0 Å². The van der Waals surface area contributed by atoms with Crippen LogP contribution in [0, 0.1) is 5.92 Å². The maximum Gasteiger partial charge on any atom is 0.244 e. The van der Waals surface area contributed by atoms with Crippen LogP contribution in [0.1, 0.15) is 13.3 Å². The van der Waals surface area contributed by atoms with Crippen molar-refractivity contribution >= 4 is 37.6 Å². The second kappa shape index (κ2) is 5.49. The van der Waals surface area contributed by atoms with Gasteiger partial charge in [-0.25, -0.2) is 8.42 Å². The lowest BCUT2D eigenvalue weighted by molar-refractivity contribution is 0.293. The molecular formula is C12H15BrClNO2S.